The van der Waals surface area contributed by atoms with Crippen molar-refractivity contribution in [2.45, 2.75) is 0 Å². The Morgan fingerprint density at radius 2 is 0.958 bits per heavy atom. The molecule has 0 aliphatic heterocycles. The minimum absolute atomic E-state index is 0.749. The first kappa shape index (κ1) is 14.2. The van der Waals surface area contributed by atoms with Crippen molar-refractivity contribution in [3.05, 3.63) is 96.6 Å². The molecule has 0 saturated carbocycles. The van der Waals surface area contributed by atoms with E-state index in [9.17, 15) is 0 Å². The zero-order valence-electron chi connectivity index (χ0n) is 12.9. The van der Waals surface area contributed by atoms with Crippen LogP contribution in [0, 0.1) is 0 Å². The summed E-state index contributed by atoms with van der Waals surface area (Å²) < 4.78 is 0. The third-order valence-corrected chi connectivity index (χ3v) is 3.59. The van der Waals surface area contributed by atoms with E-state index in [0.717, 1.165) is 34.2 Å². The summed E-state index contributed by atoms with van der Waals surface area (Å²) in [6.45, 7) is 0. The third-order valence-electron chi connectivity index (χ3n) is 3.59. The molecule has 0 N–H and O–H groups in total. The van der Waals surface area contributed by atoms with E-state index in [0.29, 0.717) is 0 Å². The molecule has 114 valence electrons. The predicted molar refractivity (Wildman–Crippen MR) is 96.5 cm³/mol. The molecular weight excluding hydrogens is 296 g/mol. The summed E-state index contributed by atoms with van der Waals surface area (Å²) in [5.74, 6) is 0. The molecule has 0 spiro atoms. The fourth-order valence-corrected chi connectivity index (χ4v) is 2.49. The lowest BCUT2D eigenvalue weighted by Gasteiger charge is -2.12. The molecule has 4 rings (SSSR count). The van der Waals surface area contributed by atoms with Gasteiger partial charge in [-0.25, -0.2) is 9.98 Å². The molecule has 0 radical (unpaired) electrons. The maximum Gasteiger partial charge on any atom is 0.116 e. The van der Waals surface area contributed by atoms with Gasteiger partial charge in [-0.2, -0.15) is 0 Å². The summed E-state index contributed by atoms with van der Waals surface area (Å²) >= 11 is 0. The monoisotopic (exact) mass is 310 g/mol. The van der Waals surface area contributed by atoms with Crippen molar-refractivity contribution < 1.29 is 0 Å². The Morgan fingerprint density at radius 3 is 1.38 bits per heavy atom. The molecule has 4 nitrogen and oxygen atoms in total. The normalized spacial score (nSPS) is 16.3. The Hall–Kier alpha value is -3.40. The molecular formula is C20H14N4. The zero-order chi connectivity index (χ0) is 16.2. The number of rotatable bonds is 2. The number of hydrogen-bond donors (Lipinski definition) is 0. The highest BCUT2D eigenvalue weighted by atomic mass is 14.9. The van der Waals surface area contributed by atoms with Crippen LogP contribution in [0.4, 0.5) is 11.4 Å². The van der Waals surface area contributed by atoms with Crippen molar-refractivity contribution in [2.75, 3.05) is 0 Å². The van der Waals surface area contributed by atoms with E-state index in [-0.39, 0.29) is 0 Å². The SMILES string of the molecule is C1=CC(=Nc2ccccc2)c2nccnc2C1=Nc1ccccc1. The van der Waals surface area contributed by atoms with Gasteiger partial charge in [0.1, 0.15) is 11.4 Å². The fourth-order valence-electron chi connectivity index (χ4n) is 2.49. The molecule has 1 aliphatic rings. The number of nitrogens with zero attached hydrogens (tertiary/aromatic N) is 4. The van der Waals surface area contributed by atoms with E-state index in [2.05, 4.69) is 20.0 Å². The van der Waals surface area contributed by atoms with Crippen LogP contribution in [0.2, 0.25) is 0 Å². The number of fused-ring (bicyclic) bond motifs is 1. The lowest BCUT2D eigenvalue weighted by Crippen LogP contribution is -2.16. The van der Waals surface area contributed by atoms with Crippen LogP contribution in [0.1, 0.15) is 11.4 Å². The van der Waals surface area contributed by atoms with E-state index in [1.165, 1.54) is 0 Å². The standard InChI is InChI=1S/C20H14N4/c1-3-7-15(8-4-1)23-17-11-12-18(20-19(17)21-13-14-22-20)24-16-9-5-2-6-10-16/h1-14H. The molecule has 4 heteroatoms. The van der Waals surface area contributed by atoms with Gasteiger partial charge >= 0.3 is 0 Å². The molecule has 1 aromatic heterocycles. The zero-order valence-corrected chi connectivity index (χ0v) is 12.9. The number of aromatic nitrogens is 2. The van der Waals surface area contributed by atoms with E-state index in [1.807, 2.05) is 72.8 Å². The average molecular weight is 310 g/mol. The van der Waals surface area contributed by atoms with Crippen LogP contribution in [-0.4, -0.2) is 21.4 Å². The number of aliphatic imine (C=N–C) groups is 2. The van der Waals surface area contributed by atoms with Gasteiger partial charge in [-0.15, -0.1) is 0 Å². The lowest BCUT2D eigenvalue weighted by molar-refractivity contribution is 1.15. The van der Waals surface area contributed by atoms with Gasteiger partial charge in [-0.05, 0) is 36.4 Å². The highest BCUT2D eigenvalue weighted by Gasteiger charge is 2.18. The minimum Gasteiger partial charge on any atom is -0.251 e. The van der Waals surface area contributed by atoms with Gasteiger partial charge in [0.15, 0.2) is 0 Å². The molecule has 0 bridgehead atoms. The molecule has 24 heavy (non-hydrogen) atoms. The second-order valence-corrected chi connectivity index (χ2v) is 5.25. The van der Waals surface area contributed by atoms with Gasteiger partial charge in [-0.1, -0.05) is 36.4 Å². The highest BCUT2D eigenvalue weighted by molar-refractivity contribution is 6.24. The van der Waals surface area contributed by atoms with Gasteiger partial charge in [0, 0.05) is 12.4 Å². The fraction of sp³-hybridized carbons (Fsp3) is 0. The van der Waals surface area contributed by atoms with Crippen molar-refractivity contribution in [2.24, 2.45) is 9.98 Å². The molecule has 0 unspecified atom stereocenters. The second kappa shape index (κ2) is 6.38. The van der Waals surface area contributed by atoms with Crippen molar-refractivity contribution in [3.63, 3.8) is 0 Å². The molecule has 3 aromatic rings. The molecule has 1 heterocycles. The van der Waals surface area contributed by atoms with Crippen molar-refractivity contribution in [1.82, 2.24) is 9.97 Å². The Bertz CT molecular complexity index is 863. The van der Waals surface area contributed by atoms with E-state index in [1.54, 1.807) is 12.4 Å². The van der Waals surface area contributed by atoms with Gasteiger partial charge in [-0.3, -0.25) is 9.97 Å². The molecule has 0 fully saturated rings. The first-order valence-corrected chi connectivity index (χ1v) is 7.67. The van der Waals surface area contributed by atoms with Crippen molar-refractivity contribution in [1.29, 1.82) is 0 Å². The molecule has 0 amide bonds. The van der Waals surface area contributed by atoms with Gasteiger partial charge in [0.25, 0.3) is 0 Å². The van der Waals surface area contributed by atoms with Crippen LogP contribution in [-0.2, 0) is 0 Å². The molecule has 1 aliphatic carbocycles. The van der Waals surface area contributed by atoms with E-state index >= 15 is 0 Å². The smallest absolute Gasteiger partial charge is 0.116 e. The third kappa shape index (κ3) is 2.90. The topological polar surface area (TPSA) is 50.5 Å². The summed E-state index contributed by atoms with van der Waals surface area (Å²) in [5, 5.41) is 0. The lowest BCUT2D eigenvalue weighted by atomic mass is 10.0. The first-order chi connectivity index (χ1) is 11.9. The summed E-state index contributed by atoms with van der Waals surface area (Å²) in [6.07, 6.45) is 7.23. The Balaban J connectivity index is 1.80. The number of benzene rings is 2. The summed E-state index contributed by atoms with van der Waals surface area (Å²) in [4.78, 5) is 18.3. The highest BCUT2D eigenvalue weighted by Crippen LogP contribution is 2.20. The second-order valence-electron chi connectivity index (χ2n) is 5.25. The van der Waals surface area contributed by atoms with Crippen LogP contribution in [0.15, 0.2) is 95.2 Å². The summed E-state index contributed by atoms with van der Waals surface area (Å²) in [7, 11) is 0. The number of allylic oxidation sites excluding steroid dienone is 2. The summed E-state index contributed by atoms with van der Waals surface area (Å²) in [6, 6.07) is 19.6. The first-order valence-electron chi connectivity index (χ1n) is 7.67. The van der Waals surface area contributed by atoms with Gasteiger partial charge in [0.2, 0.25) is 0 Å². The molecule has 0 atom stereocenters. The number of para-hydroxylation sites is 2. The van der Waals surface area contributed by atoms with Crippen LogP contribution < -0.4 is 0 Å². The van der Waals surface area contributed by atoms with Crippen LogP contribution in [0.25, 0.3) is 0 Å². The largest absolute Gasteiger partial charge is 0.251 e. The predicted octanol–water partition coefficient (Wildman–Crippen LogP) is 4.29. The number of hydrogen-bond acceptors (Lipinski definition) is 4. The van der Waals surface area contributed by atoms with Crippen LogP contribution >= 0.6 is 0 Å². The van der Waals surface area contributed by atoms with Crippen molar-refractivity contribution in [3.8, 4) is 0 Å². The van der Waals surface area contributed by atoms with Gasteiger partial charge < -0.3 is 0 Å². The Morgan fingerprint density at radius 1 is 0.542 bits per heavy atom. The Labute approximate surface area is 140 Å². The molecule has 0 saturated heterocycles. The van der Waals surface area contributed by atoms with E-state index < -0.39 is 0 Å². The average Bonchev–Trinajstić information content (AvgIpc) is 2.65. The van der Waals surface area contributed by atoms with Gasteiger partial charge in [0.05, 0.1) is 22.8 Å². The van der Waals surface area contributed by atoms with Crippen LogP contribution in [0.5, 0.6) is 0 Å². The summed E-state index contributed by atoms with van der Waals surface area (Å²) in [5.41, 5.74) is 4.85. The quantitative estimate of drug-likeness (QED) is 0.709. The van der Waals surface area contributed by atoms with Crippen LogP contribution in [0.3, 0.4) is 0 Å². The van der Waals surface area contributed by atoms with Crippen molar-refractivity contribution >= 4 is 22.8 Å². The maximum atomic E-state index is 4.67. The maximum absolute atomic E-state index is 4.67. The minimum atomic E-state index is 0.749. The Kier molecular flexibility index (Phi) is 3.78. The molecule has 2 aromatic carbocycles. The van der Waals surface area contributed by atoms with E-state index in [4.69, 9.17) is 0 Å².